The van der Waals surface area contributed by atoms with Gasteiger partial charge >= 0.3 is 6.08 Å². The van der Waals surface area contributed by atoms with Crippen LogP contribution in [0.3, 0.4) is 0 Å². The molecule has 0 radical (unpaired) electrons. The van der Waals surface area contributed by atoms with Crippen LogP contribution in [0.2, 0.25) is 0 Å². The molecule has 80 valence electrons. The van der Waals surface area contributed by atoms with Crippen LogP contribution < -0.4 is 5.32 Å². The Morgan fingerprint density at radius 2 is 2.20 bits per heavy atom. The lowest BCUT2D eigenvalue weighted by Crippen LogP contribution is -2.20. The Morgan fingerprint density at radius 1 is 1.53 bits per heavy atom. The van der Waals surface area contributed by atoms with Gasteiger partial charge in [-0.1, -0.05) is 12.2 Å². The third-order valence-corrected chi connectivity index (χ3v) is 1.64. The van der Waals surface area contributed by atoms with Crippen LogP contribution in [0.4, 0.5) is 4.39 Å². The third-order valence-electron chi connectivity index (χ3n) is 1.64. The van der Waals surface area contributed by atoms with Crippen LogP contribution in [0.5, 0.6) is 0 Å². The van der Waals surface area contributed by atoms with Crippen LogP contribution in [-0.2, 0) is 4.79 Å². The first-order chi connectivity index (χ1) is 7.18. The predicted molar refractivity (Wildman–Crippen MR) is 54.3 cm³/mol. The molecular formula is C10H12FN3O. The minimum absolute atomic E-state index is 0.0477. The monoisotopic (exact) mass is 209 g/mol. The maximum Gasteiger partial charge on any atom is 0.308 e. The number of carbonyl (C=O) groups is 1. The van der Waals surface area contributed by atoms with Crippen molar-refractivity contribution in [2.24, 2.45) is 0 Å². The molecule has 0 spiro atoms. The molecule has 5 heteroatoms. The molecule has 4 nitrogen and oxygen atoms in total. The first kappa shape index (κ1) is 11.3. The van der Waals surface area contributed by atoms with Crippen LogP contribution in [0.1, 0.15) is 18.9 Å². The van der Waals surface area contributed by atoms with Gasteiger partial charge in [-0.2, -0.15) is 4.39 Å². The van der Waals surface area contributed by atoms with Gasteiger partial charge in [0.1, 0.15) is 0 Å². The highest BCUT2D eigenvalue weighted by atomic mass is 19.1. The number of aromatic nitrogens is 2. The van der Waals surface area contributed by atoms with E-state index in [0.717, 1.165) is 12.0 Å². The summed E-state index contributed by atoms with van der Waals surface area (Å²) in [5.41, 5.74) is 0.735. The molecule has 1 aromatic rings. The van der Waals surface area contributed by atoms with Gasteiger partial charge in [0.05, 0.1) is 0 Å². The summed E-state index contributed by atoms with van der Waals surface area (Å²) < 4.78 is 12.3. The SMILES string of the molecule is CC(=O)NCCC=Cc1cnc(F)nc1. The van der Waals surface area contributed by atoms with Crippen LogP contribution in [0.25, 0.3) is 6.08 Å². The van der Waals surface area contributed by atoms with Crippen molar-refractivity contribution in [3.05, 3.63) is 30.1 Å². The van der Waals surface area contributed by atoms with E-state index in [1.807, 2.05) is 6.08 Å². The summed E-state index contributed by atoms with van der Waals surface area (Å²) in [6, 6.07) is 0. The standard InChI is InChI=1S/C10H12FN3O/c1-8(15)12-5-3-2-4-9-6-13-10(11)14-7-9/h2,4,6-7H,3,5H2,1H3,(H,12,15). The average molecular weight is 209 g/mol. The zero-order valence-corrected chi connectivity index (χ0v) is 8.40. The third kappa shape index (κ3) is 4.85. The number of rotatable bonds is 4. The predicted octanol–water partition coefficient (Wildman–Crippen LogP) is 1.16. The van der Waals surface area contributed by atoms with Crippen molar-refractivity contribution in [1.29, 1.82) is 0 Å². The van der Waals surface area contributed by atoms with E-state index < -0.39 is 6.08 Å². The second-order valence-corrected chi connectivity index (χ2v) is 2.96. The number of halogens is 1. The van der Waals surface area contributed by atoms with Gasteiger partial charge in [-0.25, -0.2) is 9.97 Å². The largest absolute Gasteiger partial charge is 0.356 e. The van der Waals surface area contributed by atoms with E-state index in [-0.39, 0.29) is 5.91 Å². The fourth-order valence-electron chi connectivity index (χ4n) is 0.959. The molecule has 0 aromatic carbocycles. The highest BCUT2D eigenvalue weighted by Crippen LogP contribution is 1.98. The van der Waals surface area contributed by atoms with Crippen molar-refractivity contribution >= 4 is 12.0 Å². The second-order valence-electron chi connectivity index (χ2n) is 2.96. The quantitative estimate of drug-likeness (QED) is 0.598. The first-order valence-electron chi connectivity index (χ1n) is 4.57. The molecule has 0 saturated heterocycles. The van der Waals surface area contributed by atoms with Gasteiger partial charge in [-0.15, -0.1) is 0 Å². The maximum absolute atomic E-state index is 12.3. The van der Waals surface area contributed by atoms with E-state index in [9.17, 15) is 9.18 Å². The molecule has 0 bridgehead atoms. The van der Waals surface area contributed by atoms with Crippen LogP contribution in [-0.4, -0.2) is 22.4 Å². The van der Waals surface area contributed by atoms with E-state index in [4.69, 9.17) is 0 Å². The number of carbonyl (C=O) groups excluding carboxylic acids is 1. The highest BCUT2D eigenvalue weighted by molar-refractivity contribution is 5.72. The molecule has 0 atom stereocenters. The van der Waals surface area contributed by atoms with Crippen LogP contribution >= 0.6 is 0 Å². The minimum Gasteiger partial charge on any atom is -0.356 e. The van der Waals surface area contributed by atoms with Gasteiger partial charge in [0.25, 0.3) is 0 Å². The molecule has 0 unspecified atom stereocenters. The summed E-state index contributed by atoms with van der Waals surface area (Å²) in [7, 11) is 0. The Labute approximate surface area is 87.2 Å². The lowest BCUT2D eigenvalue weighted by Gasteiger charge is -1.96. The Hall–Kier alpha value is -1.78. The topological polar surface area (TPSA) is 54.9 Å². The first-order valence-corrected chi connectivity index (χ1v) is 4.57. The summed E-state index contributed by atoms with van der Waals surface area (Å²) in [6.07, 6.45) is 6.43. The molecule has 1 rings (SSSR count). The van der Waals surface area contributed by atoms with Crippen molar-refractivity contribution < 1.29 is 9.18 Å². The number of nitrogens with zero attached hydrogens (tertiary/aromatic N) is 2. The number of hydrogen-bond acceptors (Lipinski definition) is 3. The van der Waals surface area contributed by atoms with Crippen LogP contribution in [0.15, 0.2) is 18.5 Å². The summed E-state index contributed by atoms with van der Waals surface area (Å²) in [5, 5.41) is 2.66. The molecule has 1 amide bonds. The number of nitrogens with one attached hydrogen (secondary N) is 1. The van der Waals surface area contributed by atoms with Crippen LogP contribution in [0, 0.1) is 6.08 Å². The number of amides is 1. The Balaban J connectivity index is 2.32. The van der Waals surface area contributed by atoms with Crippen molar-refractivity contribution in [2.45, 2.75) is 13.3 Å². The fourth-order valence-corrected chi connectivity index (χ4v) is 0.959. The van der Waals surface area contributed by atoms with Gasteiger partial charge in [-0.3, -0.25) is 4.79 Å². The van der Waals surface area contributed by atoms with Gasteiger partial charge in [0.15, 0.2) is 0 Å². The highest BCUT2D eigenvalue weighted by Gasteiger charge is 1.91. The van der Waals surface area contributed by atoms with E-state index in [2.05, 4.69) is 15.3 Å². The number of hydrogen-bond donors (Lipinski definition) is 1. The van der Waals surface area contributed by atoms with Gasteiger partial charge in [0.2, 0.25) is 5.91 Å². The van der Waals surface area contributed by atoms with Crippen molar-refractivity contribution in [1.82, 2.24) is 15.3 Å². The lowest BCUT2D eigenvalue weighted by atomic mass is 10.3. The zero-order chi connectivity index (χ0) is 11.1. The van der Waals surface area contributed by atoms with E-state index in [0.29, 0.717) is 6.54 Å². The zero-order valence-electron chi connectivity index (χ0n) is 8.40. The molecule has 1 heterocycles. The van der Waals surface area contributed by atoms with E-state index in [1.165, 1.54) is 19.3 Å². The summed E-state index contributed by atoms with van der Waals surface area (Å²) >= 11 is 0. The smallest absolute Gasteiger partial charge is 0.308 e. The van der Waals surface area contributed by atoms with Gasteiger partial charge < -0.3 is 5.32 Å². The maximum atomic E-state index is 12.3. The van der Waals surface area contributed by atoms with E-state index >= 15 is 0 Å². The Bertz CT molecular complexity index is 348. The molecule has 0 aliphatic carbocycles. The summed E-state index contributed by atoms with van der Waals surface area (Å²) in [6.45, 7) is 2.06. The van der Waals surface area contributed by atoms with Crippen molar-refractivity contribution in [3.8, 4) is 0 Å². The Kier molecular flexibility index (Phi) is 4.40. The molecule has 15 heavy (non-hydrogen) atoms. The van der Waals surface area contributed by atoms with E-state index in [1.54, 1.807) is 6.08 Å². The van der Waals surface area contributed by atoms with Gasteiger partial charge in [0, 0.05) is 31.4 Å². The second kappa shape index (κ2) is 5.85. The average Bonchev–Trinajstić information content (AvgIpc) is 2.20. The fraction of sp³-hybridized carbons (Fsp3) is 0.300. The minimum atomic E-state index is -0.731. The molecule has 0 aliphatic rings. The summed E-state index contributed by atoms with van der Waals surface area (Å²) in [4.78, 5) is 17.3. The molecule has 1 N–H and O–H groups in total. The Morgan fingerprint density at radius 3 is 2.80 bits per heavy atom. The van der Waals surface area contributed by atoms with Crippen molar-refractivity contribution in [3.63, 3.8) is 0 Å². The molecule has 1 aromatic heterocycles. The molecule has 0 saturated carbocycles. The summed E-state index contributed by atoms with van der Waals surface area (Å²) in [5.74, 6) is -0.0477. The van der Waals surface area contributed by atoms with Crippen molar-refractivity contribution in [2.75, 3.05) is 6.54 Å². The molecular weight excluding hydrogens is 197 g/mol. The molecule has 0 aliphatic heterocycles. The molecule has 0 fully saturated rings. The van der Waals surface area contributed by atoms with Gasteiger partial charge in [-0.05, 0) is 6.42 Å². The lowest BCUT2D eigenvalue weighted by molar-refractivity contribution is -0.118. The normalized spacial score (nSPS) is 10.5.